The molecule has 7 nitrogen and oxygen atoms in total. The monoisotopic (exact) mass is 240 g/mol. The summed E-state index contributed by atoms with van der Waals surface area (Å²) in [6, 6.07) is -0.510. The van der Waals surface area contributed by atoms with Gasteiger partial charge in [-0.15, -0.1) is 0 Å². The molecule has 0 bridgehead atoms. The van der Waals surface area contributed by atoms with Gasteiger partial charge in [-0.3, -0.25) is 0 Å². The van der Waals surface area contributed by atoms with Crippen molar-refractivity contribution in [3.63, 3.8) is 0 Å². The summed E-state index contributed by atoms with van der Waals surface area (Å²) in [7, 11) is 0. The van der Waals surface area contributed by atoms with E-state index in [0.717, 1.165) is 5.82 Å². The number of carbonyl (C=O) groups is 2. The van der Waals surface area contributed by atoms with Gasteiger partial charge in [0.2, 0.25) is 0 Å². The number of imidazole rings is 1. The summed E-state index contributed by atoms with van der Waals surface area (Å²) in [6.45, 7) is 3.22. The molecule has 0 atom stereocenters. The van der Waals surface area contributed by atoms with Gasteiger partial charge in [-0.1, -0.05) is 0 Å². The number of aromatic nitrogens is 2. The Kier molecular flexibility index (Phi) is 4.08. The normalized spacial score (nSPS) is 10.9. The molecule has 0 fully saturated rings. The first-order valence-electron chi connectivity index (χ1n) is 5.19. The highest BCUT2D eigenvalue weighted by Gasteiger charge is 2.28. The lowest BCUT2D eigenvalue weighted by atomic mass is 10.1. The van der Waals surface area contributed by atoms with E-state index in [4.69, 9.17) is 5.11 Å². The van der Waals surface area contributed by atoms with Gasteiger partial charge in [-0.2, -0.15) is 0 Å². The third-order valence-electron chi connectivity index (χ3n) is 2.16. The number of nitrogens with zero attached hydrogens (tertiary/aromatic N) is 1. The second-order valence-electron chi connectivity index (χ2n) is 4.10. The van der Waals surface area contributed by atoms with E-state index in [1.807, 2.05) is 0 Å². The third-order valence-corrected chi connectivity index (χ3v) is 2.16. The molecule has 4 N–H and O–H groups in total. The van der Waals surface area contributed by atoms with Crippen LogP contribution < -0.4 is 10.6 Å². The topological polar surface area (TPSA) is 107 Å². The number of hydrogen-bond acceptors (Lipinski definition) is 3. The summed E-state index contributed by atoms with van der Waals surface area (Å²) in [5.41, 5.74) is -1.28. The molecule has 1 aromatic rings. The summed E-state index contributed by atoms with van der Waals surface area (Å²) in [4.78, 5) is 29.0. The predicted molar refractivity (Wildman–Crippen MR) is 60.5 cm³/mol. The number of H-pyrrole nitrogens is 1. The minimum Gasteiger partial charge on any atom is -0.480 e. The second kappa shape index (κ2) is 5.33. The van der Waals surface area contributed by atoms with Crippen molar-refractivity contribution >= 4 is 12.0 Å². The molecule has 94 valence electrons. The number of hydrogen-bond donors (Lipinski definition) is 4. The Morgan fingerprint density at radius 1 is 1.53 bits per heavy atom. The van der Waals surface area contributed by atoms with Gasteiger partial charge in [0, 0.05) is 25.4 Å². The van der Waals surface area contributed by atoms with Crippen LogP contribution in [0.2, 0.25) is 0 Å². The number of aliphatic carboxylic acids is 1. The summed E-state index contributed by atoms with van der Waals surface area (Å²) < 4.78 is 0. The number of aromatic amines is 1. The average Bonchev–Trinajstić information content (AvgIpc) is 2.69. The summed E-state index contributed by atoms with van der Waals surface area (Å²) in [5.74, 6) is -0.318. The van der Waals surface area contributed by atoms with Crippen molar-refractivity contribution in [1.29, 1.82) is 0 Å². The van der Waals surface area contributed by atoms with Crippen molar-refractivity contribution in [3.05, 3.63) is 18.2 Å². The molecule has 7 heteroatoms. The molecule has 0 aliphatic rings. The smallest absolute Gasteiger partial charge is 0.328 e. The highest BCUT2D eigenvalue weighted by molar-refractivity contribution is 5.85. The highest BCUT2D eigenvalue weighted by atomic mass is 16.4. The Hall–Kier alpha value is -2.05. The second-order valence-corrected chi connectivity index (χ2v) is 4.10. The van der Waals surface area contributed by atoms with Gasteiger partial charge in [0.05, 0.1) is 0 Å². The SMILES string of the molecule is CC(C)(NC(=O)NCCc1ncc[nH]1)C(=O)O. The fourth-order valence-corrected chi connectivity index (χ4v) is 1.11. The van der Waals surface area contributed by atoms with Crippen molar-refractivity contribution in [2.24, 2.45) is 0 Å². The molecule has 2 amide bonds. The minimum absolute atomic E-state index is 0.384. The van der Waals surface area contributed by atoms with Crippen LogP contribution in [0.3, 0.4) is 0 Å². The molecule has 0 saturated carbocycles. The molecule has 0 radical (unpaired) electrons. The molecule has 1 aromatic heterocycles. The van der Waals surface area contributed by atoms with Gasteiger partial charge in [0.15, 0.2) is 0 Å². The number of nitrogens with one attached hydrogen (secondary N) is 3. The number of rotatable bonds is 5. The van der Waals surface area contributed by atoms with Crippen LogP contribution in [0.25, 0.3) is 0 Å². The Bertz CT molecular complexity index is 386. The highest BCUT2D eigenvalue weighted by Crippen LogP contribution is 2.00. The molecular weight excluding hydrogens is 224 g/mol. The zero-order valence-electron chi connectivity index (χ0n) is 9.78. The van der Waals surface area contributed by atoms with E-state index in [1.54, 1.807) is 12.4 Å². The Morgan fingerprint density at radius 3 is 2.76 bits per heavy atom. The molecule has 0 aliphatic carbocycles. The van der Waals surface area contributed by atoms with Crippen LogP contribution in [0.15, 0.2) is 12.4 Å². The molecule has 0 aliphatic heterocycles. The lowest BCUT2D eigenvalue weighted by molar-refractivity contribution is -0.142. The van der Waals surface area contributed by atoms with Crippen LogP contribution in [0.1, 0.15) is 19.7 Å². The minimum atomic E-state index is -1.28. The summed E-state index contributed by atoms with van der Waals surface area (Å²) >= 11 is 0. The van der Waals surface area contributed by atoms with Crippen LogP contribution in [-0.4, -0.2) is 39.2 Å². The zero-order chi connectivity index (χ0) is 12.9. The maximum atomic E-state index is 11.4. The maximum absolute atomic E-state index is 11.4. The lowest BCUT2D eigenvalue weighted by Crippen LogP contribution is -2.53. The van der Waals surface area contributed by atoms with E-state index < -0.39 is 17.5 Å². The molecule has 1 rings (SSSR count). The van der Waals surface area contributed by atoms with Crippen molar-refractivity contribution in [3.8, 4) is 0 Å². The van der Waals surface area contributed by atoms with Crippen molar-refractivity contribution in [2.45, 2.75) is 25.8 Å². The average molecular weight is 240 g/mol. The van der Waals surface area contributed by atoms with E-state index in [9.17, 15) is 9.59 Å². The molecule has 0 unspecified atom stereocenters. The predicted octanol–water partition coefficient (Wildman–Crippen LogP) is 0.115. The van der Waals surface area contributed by atoms with Gasteiger partial charge < -0.3 is 20.7 Å². The van der Waals surface area contributed by atoms with Crippen LogP contribution >= 0.6 is 0 Å². The van der Waals surface area contributed by atoms with Crippen LogP contribution in [-0.2, 0) is 11.2 Å². The standard InChI is InChI=1S/C10H16N4O3/c1-10(2,8(15)16)14-9(17)13-4-3-7-11-5-6-12-7/h5-6H,3-4H2,1-2H3,(H,11,12)(H,15,16)(H2,13,14,17). The first-order chi connectivity index (χ1) is 7.92. The summed E-state index contributed by atoms with van der Waals surface area (Å²) in [6.07, 6.45) is 3.89. The van der Waals surface area contributed by atoms with Gasteiger partial charge in [-0.25, -0.2) is 14.6 Å². The fourth-order valence-electron chi connectivity index (χ4n) is 1.11. The molecule has 0 saturated heterocycles. The van der Waals surface area contributed by atoms with E-state index in [-0.39, 0.29) is 0 Å². The molecule has 0 aromatic carbocycles. The van der Waals surface area contributed by atoms with Gasteiger partial charge in [0.1, 0.15) is 11.4 Å². The Morgan fingerprint density at radius 2 is 2.24 bits per heavy atom. The van der Waals surface area contributed by atoms with Gasteiger partial charge >= 0.3 is 12.0 Å². The van der Waals surface area contributed by atoms with E-state index >= 15 is 0 Å². The fraction of sp³-hybridized carbons (Fsp3) is 0.500. The van der Waals surface area contributed by atoms with Crippen molar-refractivity contribution in [2.75, 3.05) is 6.54 Å². The van der Waals surface area contributed by atoms with E-state index in [2.05, 4.69) is 20.6 Å². The van der Waals surface area contributed by atoms with E-state index in [1.165, 1.54) is 13.8 Å². The zero-order valence-corrected chi connectivity index (χ0v) is 9.78. The van der Waals surface area contributed by atoms with Crippen LogP contribution in [0, 0.1) is 0 Å². The number of carboxylic acid groups (broad SMARTS) is 1. The van der Waals surface area contributed by atoms with Crippen molar-refractivity contribution in [1.82, 2.24) is 20.6 Å². The number of carboxylic acids is 1. The quantitative estimate of drug-likeness (QED) is 0.586. The first kappa shape index (κ1) is 13.0. The first-order valence-corrected chi connectivity index (χ1v) is 5.19. The molecule has 0 spiro atoms. The number of amides is 2. The van der Waals surface area contributed by atoms with Gasteiger partial charge in [0.25, 0.3) is 0 Å². The largest absolute Gasteiger partial charge is 0.480 e. The van der Waals surface area contributed by atoms with Gasteiger partial charge in [-0.05, 0) is 13.8 Å². The van der Waals surface area contributed by atoms with E-state index in [0.29, 0.717) is 13.0 Å². The van der Waals surface area contributed by atoms with Crippen LogP contribution in [0.4, 0.5) is 4.79 Å². The number of urea groups is 1. The number of carbonyl (C=O) groups excluding carboxylic acids is 1. The molecular formula is C10H16N4O3. The molecule has 17 heavy (non-hydrogen) atoms. The third kappa shape index (κ3) is 4.13. The van der Waals surface area contributed by atoms with Crippen LogP contribution in [0.5, 0.6) is 0 Å². The van der Waals surface area contributed by atoms with Crippen molar-refractivity contribution < 1.29 is 14.7 Å². The summed E-state index contributed by atoms with van der Waals surface area (Å²) in [5, 5.41) is 13.7. The Labute approximate surface area is 98.6 Å². The Balaban J connectivity index is 2.28. The molecule has 1 heterocycles. The lowest BCUT2D eigenvalue weighted by Gasteiger charge is -2.21. The maximum Gasteiger partial charge on any atom is 0.328 e.